The van der Waals surface area contributed by atoms with Crippen molar-refractivity contribution in [1.82, 2.24) is 0 Å². The number of methoxy groups -OCH3 is 2. The number of hydrogen-bond acceptors (Lipinski definition) is 3. The molecule has 1 rings (SSSR count). The number of benzene rings is 1. The molecule has 0 aromatic heterocycles. The Morgan fingerprint density at radius 1 is 1.33 bits per heavy atom. The summed E-state index contributed by atoms with van der Waals surface area (Å²) in [6, 6.07) is 3.74. The summed E-state index contributed by atoms with van der Waals surface area (Å²) < 4.78 is 11.4. The summed E-state index contributed by atoms with van der Waals surface area (Å²) in [7, 11) is 3.24. The van der Waals surface area contributed by atoms with Crippen molar-refractivity contribution in [2.75, 3.05) is 14.2 Å². The summed E-state index contributed by atoms with van der Waals surface area (Å²) in [6.07, 6.45) is 0.744. The Morgan fingerprint density at radius 2 is 1.78 bits per heavy atom. The van der Waals surface area contributed by atoms with E-state index in [1.54, 1.807) is 14.2 Å². The fourth-order valence-corrected chi connectivity index (χ4v) is 2.15. The first-order valence-corrected chi connectivity index (χ1v) is 6.10. The summed E-state index contributed by atoms with van der Waals surface area (Å²) in [5.41, 5.74) is 8.14. The molecule has 1 aromatic carbocycles. The van der Waals surface area contributed by atoms with Crippen LogP contribution in [0.3, 0.4) is 0 Å². The van der Waals surface area contributed by atoms with E-state index >= 15 is 0 Å². The van der Waals surface area contributed by atoms with Crippen molar-refractivity contribution in [3.8, 4) is 11.5 Å². The highest BCUT2D eigenvalue weighted by atomic mass is 79.9. The van der Waals surface area contributed by atoms with E-state index in [4.69, 9.17) is 15.2 Å². The lowest BCUT2D eigenvalue weighted by Gasteiger charge is -2.16. The Morgan fingerprint density at radius 3 is 2.11 bits per heavy atom. The maximum absolute atomic E-state index is 6.11. The normalized spacial score (nSPS) is 11.4. The summed E-state index contributed by atoms with van der Waals surface area (Å²) >= 11 is 3.43. The van der Waals surface area contributed by atoms with Gasteiger partial charge in [0.05, 0.1) is 14.2 Å². The molecule has 18 heavy (non-hydrogen) atoms. The van der Waals surface area contributed by atoms with Crippen LogP contribution >= 0.6 is 28.3 Å². The minimum atomic E-state index is -0.0941. The van der Waals surface area contributed by atoms with E-state index in [0.717, 1.165) is 33.5 Å². The molecule has 2 N–H and O–H groups in total. The first-order valence-electron chi connectivity index (χ1n) is 5.31. The summed E-state index contributed by atoms with van der Waals surface area (Å²) in [5, 5.41) is 0. The van der Waals surface area contributed by atoms with Crippen LogP contribution in [-0.2, 0) is 0 Å². The zero-order chi connectivity index (χ0) is 13.0. The van der Waals surface area contributed by atoms with Gasteiger partial charge in [0.1, 0.15) is 16.0 Å². The topological polar surface area (TPSA) is 44.5 Å². The average Bonchev–Trinajstić information content (AvgIpc) is 2.28. The number of ether oxygens (including phenoxy) is 2. The Kier molecular flexibility index (Phi) is 7.36. The molecular formula is C13H19BrClNO2. The summed E-state index contributed by atoms with van der Waals surface area (Å²) in [6.45, 7) is 5.84. The monoisotopic (exact) mass is 335 g/mol. The van der Waals surface area contributed by atoms with Crippen molar-refractivity contribution in [1.29, 1.82) is 0 Å². The molecule has 3 nitrogen and oxygen atoms in total. The molecule has 0 fully saturated rings. The molecule has 0 aliphatic carbocycles. The van der Waals surface area contributed by atoms with E-state index in [2.05, 4.69) is 22.5 Å². The smallest absolute Gasteiger partial charge is 0.137 e. The second-order valence-electron chi connectivity index (χ2n) is 4.01. The minimum absolute atomic E-state index is 0. The molecule has 0 saturated heterocycles. The first-order chi connectivity index (χ1) is 7.99. The molecule has 0 bridgehead atoms. The molecule has 0 saturated carbocycles. The van der Waals surface area contributed by atoms with E-state index in [-0.39, 0.29) is 18.4 Å². The van der Waals surface area contributed by atoms with Crippen LogP contribution in [0.15, 0.2) is 28.8 Å². The number of nitrogens with two attached hydrogens (primary N) is 1. The first kappa shape index (κ1) is 17.3. The van der Waals surface area contributed by atoms with Crippen molar-refractivity contribution in [3.63, 3.8) is 0 Å². The van der Waals surface area contributed by atoms with Crippen molar-refractivity contribution in [2.45, 2.75) is 19.4 Å². The van der Waals surface area contributed by atoms with Gasteiger partial charge in [0.25, 0.3) is 0 Å². The largest absolute Gasteiger partial charge is 0.495 e. The Hall–Kier alpha value is -0.710. The molecule has 0 spiro atoms. The van der Waals surface area contributed by atoms with Crippen molar-refractivity contribution in [3.05, 3.63) is 34.3 Å². The van der Waals surface area contributed by atoms with E-state index in [1.807, 2.05) is 19.1 Å². The van der Waals surface area contributed by atoms with Crippen LogP contribution < -0.4 is 15.2 Å². The van der Waals surface area contributed by atoms with E-state index in [9.17, 15) is 0 Å². The zero-order valence-corrected chi connectivity index (χ0v) is 13.2. The van der Waals surface area contributed by atoms with Gasteiger partial charge in [0.2, 0.25) is 0 Å². The average molecular weight is 337 g/mol. The molecule has 0 unspecified atom stereocenters. The maximum Gasteiger partial charge on any atom is 0.137 e. The van der Waals surface area contributed by atoms with Crippen molar-refractivity contribution >= 4 is 28.3 Å². The van der Waals surface area contributed by atoms with Crippen LogP contribution in [-0.4, -0.2) is 14.2 Å². The lowest BCUT2D eigenvalue weighted by atomic mass is 10.0. The van der Waals surface area contributed by atoms with Crippen LogP contribution in [0.5, 0.6) is 11.5 Å². The van der Waals surface area contributed by atoms with Crippen molar-refractivity contribution < 1.29 is 9.47 Å². The summed E-state index contributed by atoms with van der Waals surface area (Å²) in [4.78, 5) is 0. The predicted molar refractivity (Wildman–Crippen MR) is 80.9 cm³/mol. The molecule has 102 valence electrons. The van der Waals surface area contributed by atoms with Gasteiger partial charge >= 0.3 is 0 Å². The molecule has 5 heteroatoms. The standard InChI is InChI=1S/C13H18BrNO2.ClH/c1-8(2)5-10(15)9-6-11(16-3)13(14)12(7-9)17-4;/h6-7,10H,1,5,15H2,2-4H3;1H/t10-;/m0./s1. The lowest BCUT2D eigenvalue weighted by molar-refractivity contribution is 0.388. The Labute approximate surface area is 123 Å². The van der Waals surface area contributed by atoms with Crippen molar-refractivity contribution in [2.24, 2.45) is 5.73 Å². The van der Waals surface area contributed by atoms with Crippen LogP contribution in [0.2, 0.25) is 0 Å². The fourth-order valence-electron chi connectivity index (χ4n) is 1.60. The summed E-state index contributed by atoms with van der Waals surface area (Å²) in [5.74, 6) is 1.44. The van der Waals surface area contributed by atoms with E-state index < -0.39 is 0 Å². The van der Waals surface area contributed by atoms with Gasteiger partial charge in [-0.25, -0.2) is 0 Å². The minimum Gasteiger partial charge on any atom is -0.495 e. The predicted octanol–water partition coefficient (Wildman–Crippen LogP) is 3.85. The molecule has 0 amide bonds. The third-order valence-electron chi connectivity index (χ3n) is 2.46. The van der Waals surface area contributed by atoms with Gasteiger partial charge in [-0.3, -0.25) is 0 Å². The molecule has 0 heterocycles. The molecule has 0 aliphatic rings. The molecule has 1 aromatic rings. The highest BCUT2D eigenvalue weighted by Crippen LogP contribution is 2.37. The Balaban J connectivity index is 0.00000289. The van der Waals surface area contributed by atoms with Crippen LogP contribution in [0, 0.1) is 0 Å². The zero-order valence-electron chi connectivity index (χ0n) is 10.8. The maximum atomic E-state index is 6.11. The number of hydrogen-bond donors (Lipinski definition) is 1. The van der Waals surface area contributed by atoms with Crippen LogP contribution in [0.1, 0.15) is 24.9 Å². The fraction of sp³-hybridized carbons (Fsp3) is 0.385. The van der Waals surface area contributed by atoms with Gasteiger partial charge in [-0.1, -0.05) is 5.57 Å². The number of halogens is 2. The lowest BCUT2D eigenvalue weighted by Crippen LogP contribution is -2.11. The highest BCUT2D eigenvalue weighted by Gasteiger charge is 2.14. The molecule has 0 aliphatic heterocycles. The molecule has 1 atom stereocenters. The van der Waals surface area contributed by atoms with Crippen LogP contribution in [0.25, 0.3) is 0 Å². The van der Waals surface area contributed by atoms with Gasteiger partial charge in [-0.05, 0) is 47.0 Å². The van der Waals surface area contributed by atoms with E-state index in [0.29, 0.717) is 0 Å². The van der Waals surface area contributed by atoms with Gasteiger partial charge in [-0.2, -0.15) is 0 Å². The molecular weight excluding hydrogens is 318 g/mol. The number of rotatable bonds is 5. The van der Waals surface area contributed by atoms with Crippen LogP contribution in [0.4, 0.5) is 0 Å². The highest BCUT2D eigenvalue weighted by molar-refractivity contribution is 9.10. The third-order valence-corrected chi connectivity index (χ3v) is 3.25. The Bertz CT molecular complexity index is 398. The van der Waals surface area contributed by atoms with Gasteiger partial charge in [0.15, 0.2) is 0 Å². The second-order valence-corrected chi connectivity index (χ2v) is 4.80. The van der Waals surface area contributed by atoms with Gasteiger partial charge in [-0.15, -0.1) is 19.0 Å². The molecule has 0 radical (unpaired) electrons. The SMILES string of the molecule is C=C(C)C[C@H](N)c1cc(OC)c(Br)c(OC)c1.Cl. The van der Waals surface area contributed by atoms with E-state index in [1.165, 1.54) is 0 Å². The van der Waals surface area contributed by atoms with Gasteiger partial charge < -0.3 is 15.2 Å². The third kappa shape index (κ3) is 4.19. The quantitative estimate of drug-likeness (QED) is 0.831. The van der Waals surface area contributed by atoms with Gasteiger partial charge in [0, 0.05) is 6.04 Å². The second kappa shape index (κ2) is 7.67.